The Kier molecular flexibility index (Phi) is 4.35. The highest BCUT2D eigenvalue weighted by molar-refractivity contribution is 7.99. The van der Waals surface area contributed by atoms with Gasteiger partial charge in [0.15, 0.2) is 0 Å². The van der Waals surface area contributed by atoms with Crippen LogP contribution in [0.1, 0.15) is 53.4 Å². The lowest BCUT2D eigenvalue weighted by atomic mass is 9.78. The van der Waals surface area contributed by atoms with E-state index in [1.807, 2.05) is 0 Å². The van der Waals surface area contributed by atoms with Gasteiger partial charge in [0.1, 0.15) is 0 Å². The van der Waals surface area contributed by atoms with E-state index in [0.29, 0.717) is 11.5 Å². The Morgan fingerprint density at radius 2 is 2.00 bits per heavy atom. The molecule has 2 aliphatic heterocycles. The molecule has 0 aliphatic carbocycles. The first-order valence-corrected chi connectivity index (χ1v) is 8.66. The van der Waals surface area contributed by atoms with Gasteiger partial charge in [0, 0.05) is 29.9 Å². The minimum atomic E-state index is 0.253. The Bertz CT molecular complexity index is 292. The summed E-state index contributed by atoms with van der Waals surface area (Å²) in [6.07, 6.45) is 5.26. The molecule has 0 aromatic carbocycles. The van der Waals surface area contributed by atoms with Crippen LogP contribution in [0.5, 0.6) is 0 Å². The molecule has 3 heteroatoms. The molecule has 3 unspecified atom stereocenters. The number of rotatable bonds is 3. The topological polar surface area (TPSA) is 29.3 Å². The van der Waals surface area contributed by atoms with Gasteiger partial charge in [0.2, 0.25) is 0 Å². The molecule has 18 heavy (non-hydrogen) atoms. The minimum absolute atomic E-state index is 0.253. The van der Waals surface area contributed by atoms with Gasteiger partial charge in [-0.15, -0.1) is 0 Å². The fourth-order valence-corrected chi connectivity index (χ4v) is 5.75. The fourth-order valence-electron chi connectivity index (χ4n) is 4.24. The van der Waals surface area contributed by atoms with Crippen LogP contribution >= 0.6 is 11.8 Å². The first-order chi connectivity index (χ1) is 8.44. The van der Waals surface area contributed by atoms with Crippen molar-refractivity contribution in [2.45, 2.75) is 71.0 Å². The zero-order valence-electron chi connectivity index (χ0n) is 12.5. The Balaban J connectivity index is 2.25. The molecule has 0 saturated carbocycles. The van der Waals surface area contributed by atoms with Crippen molar-refractivity contribution < 1.29 is 0 Å². The molecule has 2 rings (SSSR count). The van der Waals surface area contributed by atoms with E-state index < -0.39 is 0 Å². The van der Waals surface area contributed by atoms with E-state index in [4.69, 9.17) is 5.73 Å². The monoisotopic (exact) mass is 270 g/mol. The van der Waals surface area contributed by atoms with E-state index in [9.17, 15) is 0 Å². The number of nitrogens with two attached hydrogens (primary N) is 1. The third kappa shape index (κ3) is 2.59. The maximum absolute atomic E-state index is 6.26. The van der Waals surface area contributed by atoms with Crippen LogP contribution in [0.2, 0.25) is 0 Å². The van der Waals surface area contributed by atoms with Crippen molar-refractivity contribution in [2.75, 3.05) is 18.1 Å². The van der Waals surface area contributed by atoms with Gasteiger partial charge in [0.05, 0.1) is 0 Å². The van der Waals surface area contributed by atoms with Crippen LogP contribution in [0.4, 0.5) is 0 Å². The maximum atomic E-state index is 6.26. The van der Waals surface area contributed by atoms with Gasteiger partial charge in [-0.2, -0.15) is 11.8 Å². The molecule has 2 saturated heterocycles. The molecule has 106 valence electrons. The third-order valence-corrected chi connectivity index (χ3v) is 6.58. The van der Waals surface area contributed by atoms with Gasteiger partial charge in [0.25, 0.3) is 0 Å². The van der Waals surface area contributed by atoms with Crippen LogP contribution in [0.25, 0.3) is 0 Å². The zero-order valence-corrected chi connectivity index (χ0v) is 13.4. The summed E-state index contributed by atoms with van der Waals surface area (Å²) >= 11 is 2.11. The average molecular weight is 270 g/mol. The Hall–Kier alpha value is 0.270. The van der Waals surface area contributed by atoms with Crippen molar-refractivity contribution in [3.05, 3.63) is 0 Å². The molecule has 2 heterocycles. The van der Waals surface area contributed by atoms with Crippen LogP contribution in [-0.2, 0) is 0 Å². The van der Waals surface area contributed by atoms with Crippen LogP contribution in [0.3, 0.4) is 0 Å². The summed E-state index contributed by atoms with van der Waals surface area (Å²) in [5.41, 5.74) is 6.95. The third-order valence-electron chi connectivity index (χ3n) is 4.86. The highest BCUT2D eigenvalue weighted by atomic mass is 32.2. The molecule has 0 aromatic heterocycles. The summed E-state index contributed by atoms with van der Waals surface area (Å²) in [5.74, 6) is 2.52. The molecular formula is C15H30N2S. The molecule has 2 N–H and O–H groups in total. The summed E-state index contributed by atoms with van der Waals surface area (Å²) in [5, 5.41) is 0. The highest BCUT2D eigenvalue weighted by Crippen LogP contribution is 2.46. The summed E-state index contributed by atoms with van der Waals surface area (Å²) in [6, 6.07) is 1.48. The minimum Gasteiger partial charge on any atom is -0.329 e. The van der Waals surface area contributed by atoms with E-state index in [2.05, 4.69) is 44.4 Å². The molecule has 0 radical (unpaired) electrons. The van der Waals surface area contributed by atoms with Gasteiger partial charge < -0.3 is 5.73 Å². The molecule has 2 nitrogen and oxygen atoms in total. The first kappa shape index (κ1) is 14.7. The second kappa shape index (κ2) is 5.34. The molecule has 0 spiro atoms. The second-order valence-corrected chi connectivity index (χ2v) is 8.14. The van der Waals surface area contributed by atoms with Crippen molar-refractivity contribution >= 4 is 11.8 Å². The smallest absolute Gasteiger partial charge is 0.0433 e. The largest absolute Gasteiger partial charge is 0.329 e. The van der Waals surface area contributed by atoms with Crippen molar-refractivity contribution in [2.24, 2.45) is 11.1 Å². The van der Waals surface area contributed by atoms with Crippen molar-refractivity contribution in [1.82, 2.24) is 4.90 Å². The SMILES string of the molecule is CCC1CCC(C)N1C1(CN)CSCC(C)(C)C1. The number of likely N-dealkylation sites (tertiary alicyclic amines) is 1. The van der Waals surface area contributed by atoms with Gasteiger partial charge in [-0.05, 0) is 43.8 Å². The molecule has 0 bridgehead atoms. The number of hydrogen-bond acceptors (Lipinski definition) is 3. The van der Waals surface area contributed by atoms with Crippen LogP contribution in [0.15, 0.2) is 0 Å². The van der Waals surface area contributed by atoms with E-state index in [1.165, 1.54) is 37.2 Å². The predicted molar refractivity (Wildman–Crippen MR) is 82.1 cm³/mol. The number of thioether (sulfide) groups is 1. The molecular weight excluding hydrogens is 240 g/mol. The Labute approximate surface area is 117 Å². The molecule has 2 aliphatic rings. The first-order valence-electron chi connectivity index (χ1n) is 7.50. The van der Waals surface area contributed by atoms with Crippen LogP contribution in [-0.4, -0.2) is 40.6 Å². The van der Waals surface area contributed by atoms with Crippen LogP contribution in [0, 0.1) is 5.41 Å². The van der Waals surface area contributed by atoms with Gasteiger partial charge in [-0.1, -0.05) is 20.8 Å². The lowest BCUT2D eigenvalue weighted by Gasteiger charge is -2.53. The molecule has 0 aromatic rings. The van der Waals surface area contributed by atoms with E-state index in [-0.39, 0.29) is 5.54 Å². The number of nitrogens with zero attached hydrogens (tertiary/aromatic N) is 1. The Morgan fingerprint density at radius 1 is 1.28 bits per heavy atom. The maximum Gasteiger partial charge on any atom is 0.0433 e. The van der Waals surface area contributed by atoms with Gasteiger partial charge in [-0.25, -0.2) is 0 Å². The van der Waals surface area contributed by atoms with Gasteiger partial charge in [-0.3, -0.25) is 4.90 Å². The summed E-state index contributed by atoms with van der Waals surface area (Å²) in [7, 11) is 0. The normalized spacial score (nSPS) is 41.2. The molecule has 0 amide bonds. The van der Waals surface area contributed by atoms with Gasteiger partial charge >= 0.3 is 0 Å². The number of hydrogen-bond donors (Lipinski definition) is 1. The lowest BCUT2D eigenvalue weighted by molar-refractivity contribution is 0.0285. The molecule has 3 atom stereocenters. The summed E-state index contributed by atoms with van der Waals surface area (Å²) in [4.78, 5) is 2.81. The average Bonchev–Trinajstić information content (AvgIpc) is 2.69. The Morgan fingerprint density at radius 3 is 2.56 bits per heavy atom. The second-order valence-electron chi connectivity index (χ2n) is 7.16. The van der Waals surface area contributed by atoms with E-state index in [1.54, 1.807) is 0 Å². The highest BCUT2D eigenvalue weighted by Gasteiger charge is 2.49. The van der Waals surface area contributed by atoms with E-state index >= 15 is 0 Å². The summed E-state index contributed by atoms with van der Waals surface area (Å²) < 4.78 is 0. The fraction of sp³-hybridized carbons (Fsp3) is 1.00. The predicted octanol–water partition coefficient (Wildman–Crippen LogP) is 3.11. The zero-order chi connectivity index (χ0) is 13.4. The van der Waals surface area contributed by atoms with Crippen LogP contribution < -0.4 is 5.73 Å². The quantitative estimate of drug-likeness (QED) is 0.854. The van der Waals surface area contributed by atoms with Crippen molar-refractivity contribution in [3.8, 4) is 0 Å². The standard InChI is InChI=1S/C15H30N2S/c1-5-13-7-6-12(2)17(13)15(9-16)8-14(3,4)10-18-11-15/h12-13H,5-11,16H2,1-4H3. The lowest BCUT2D eigenvalue weighted by Crippen LogP contribution is -2.63. The van der Waals surface area contributed by atoms with Crippen molar-refractivity contribution in [1.29, 1.82) is 0 Å². The van der Waals surface area contributed by atoms with Crippen molar-refractivity contribution in [3.63, 3.8) is 0 Å². The van der Waals surface area contributed by atoms with E-state index in [0.717, 1.165) is 12.6 Å². The summed E-state index contributed by atoms with van der Waals surface area (Å²) in [6.45, 7) is 10.4. The molecule has 2 fully saturated rings.